The van der Waals surface area contributed by atoms with Crippen LogP contribution in [-0.4, -0.2) is 86.3 Å². The van der Waals surface area contributed by atoms with Gasteiger partial charge in [0.15, 0.2) is 23.3 Å². The Hall–Kier alpha value is -7.44. The van der Waals surface area contributed by atoms with Gasteiger partial charge in [-0.3, -0.25) is 4.79 Å². The fourth-order valence-corrected chi connectivity index (χ4v) is 9.60. The summed E-state index contributed by atoms with van der Waals surface area (Å²) in [4.78, 5) is 56.6. The Bertz CT molecular complexity index is 2850. The van der Waals surface area contributed by atoms with Gasteiger partial charge < -0.3 is 40.7 Å². The molecule has 4 aromatic heterocycles. The molecule has 8 aromatic rings. The van der Waals surface area contributed by atoms with Crippen LogP contribution in [0, 0.1) is 0 Å². The molecule has 66 heavy (non-hydrogen) atoms. The number of benzene rings is 4. The molecule has 0 bridgehead atoms. The summed E-state index contributed by atoms with van der Waals surface area (Å²) in [5, 5.41) is 16.0. The molecule has 2 saturated heterocycles. The standard InChI is InChI=1S/C24H24N6O2S.C24H23N5O3S/c1-14-4-3-9-30(14)18-10-17(11-19(12-18)32-2)27-23-20-24(33-13-26-20)29-22(28-23)16-7-5-15(6-8-16)21(25)31;1-14-4-3-9-29(14)18-10-17(11-19(12-18)32-2)26-22-20-23(33-13-25-20)28-21(27-22)15-5-7-16(8-6-15)24(30)31/h5-8,10-14H,3-4,9H2,1-2H3,(H2,25,31)(H,27,28,29);5-8,10-14H,3-4,9H2,1-2H3,(H,30,31)(H,26,27,28)/t2*14-/m00/s1. The minimum absolute atomic E-state index is 0.219. The summed E-state index contributed by atoms with van der Waals surface area (Å²) in [6.45, 7) is 6.54. The van der Waals surface area contributed by atoms with E-state index in [2.05, 4.69) is 78.5 Å². The number of hydrogen-bond acceptors (Lipinski definition) is 16. The first-order valence-corrected chi connectivity index (χ1v) is 23.2. The van der Waals surface area contributed by atoms with Gasteiger partial charge in [0.1, 0.15) is 32.2 Å². The van der Waals surface area contributed by atoms with E-state index in [4.69, 9.17) is 30.3 Å². The number of carboxylic acids is 1. The number of fused-ring (bicyclic) bond motifs is 2. The Balaban J connectivity index is 0.000000166. The van der Waals surface area contributed by atoms with Gasteiger partial charge in [0.25, 0.3) is 0 Å². The number of aromatic carboxylic acids is 1. The lowest BCUT2D eigenvalue weighted by Gasteiger charge is -2.25. The molecule has 2 aliphatic heterocycles. The van der Waals surface area contributed by atoms with Crippen molar-refractivity contribution in [2.75, 3.05) is 47.7 Å². The molecule has 336 valence electrons. The Morgan fingerprint density at radius 2 is 1.09 bits per heavy atom. The van der Waals surface area contributed by atoms with Crippen molar-refractivity contribution in [1.29, 1.82) is 0 Å². The molecule has 0 spiro atoms. The van der Waals surface area contributed by atoms with Crippen LogP contribution in [0.4, 0.5) is 34.4 Å². The van der Waals surface area contributed by atoms with Crippen LogP contribution in [-0.2, 0) is 0 Å². The molecule has 0 saturated carbocycles. The van der Waals surface area contributed by atoms with E-state index < -0.39 is 11.9 Å². The lowest BCUT2D eigenvalue weighted by molar-refractivity contribution is 0.0696. The van der Waals surface area contributed by atoms with Gasteiger partial charge >= 0.3 is 5.97 Å². The summed E-state index contributed by atoms with van der Waals surface area (Å²) < 4.78 is 11.1. The first kappa shape index (κ1) is 43.8. The Morgan fingerprint density at radius 3 is 1.47 bits per heavy atom. The minimum Gasteiger partial charge on any atom is -0.497 e. The van der Waals surface area contributed by atoms with Crippen molar-refractivity contribution in [3.8, 4) is 34.3 Å². The Labute approximate surface area is 388 Å². The number of anilines is 6. The molecule has 18 heteroatoms. The van der Waals surface area contributed by atoms with Gasteiger partial charge in [-0.25, -0.2) is 34.7 Å². The summed E-state index contributed by atoms with van der Waals surface area (Å²) in [7, 11) is 3.34. The zero-order chi connectivity index (χ0) is 45.9. The SMILES string of the molecule is COc1cc(Nc2nc(-c3ccc(C(=O)O)cc3)nc3scnc23)cc(N2CCC[C@@H]2C)c1.COc1cc(Nc2nc(-c3ccc(C(N)=O)cc3)nc3scnc23)cc(N2CCC[C@@H]2C)c1. The fraction of sp³-hybridized carbons (Fsp3) is 0.250. The van der Waals surface area contributed by atoms with Crippen molar-refractivity contribution < 1.29 is 24.2 Å². The highest BCUT2D eigenvalue weighted by Gasteiger charge is 2.24. The third-order valence-electron chi connectivity index (χ3n) is 11.8. The van der Waals surface area contributed by atoms with Crippen LogP contribution in [0.3, 0.4) is 0 Å². The molecule has 2 atom stereocenters. The molecule has 0 aliphatic carbocycles. The average molecular weight is 922 g/mol. The Morgan fingerprint density at radius 1 is 0.652 bits per heavy atom. The molecular formula is C48H47N11O5S2. The van der Waals surface area contributed by atoms with Gasteiger partial charge in [-0.1, -0.05) is 24.3 Å². The van der Waals surface area contributed by atoms with Crippen LogP contribution < -0.4 is 35.6 Å². The largest absolute Gasteiger partial charge is 0.497 e. The van der Waals surface area contributed by atoms with Crippen molar-refractivity contribution in [1.82, 2.24) is 29.9 Å². The lowest BCUT2D eigenvalue weighted by atomic mass is 10.1. The first-order valence-electron chi connectivity index (χ1n) is 21.5. The topological polar surface area (TPSA) is 207 Å². The van der Waals surface area contributed by atoms with E-state index in [0.717, 1.165) is 68.1 Å². The van der Waals surface area contributed by atoms with Crippen molar-refractivity contribution in [3.05, 3.63) is 107 Å². The molecule has 1 amide bonds. The first-order chi connectivity index (χ1) is 32.0. The van der Waals surface area contributed by atoms with Crippen LogP contribution >= 0.6 is 22.7 Å². The van der Waals surface area contributed by atoms with Crippen LogP contribution in [0.5, 0.6) is 11.5 Å². The smallest absolute Gasteiger partial charge is 0.335 e. The van der Waals surface area contributed by atoms with Crippen LogP contribution in [0.25, 0.3) is 43.5 Å². The van der Waals surface area contributed by atoms with E-state index in [1.54, 1.807) is 73.8 Å². The summed E-state index contributed by atoms with van der Waals surface area (Å²) in [6.07, 6.45) is 4.72. The number of carboxylic acid groups (broad SMARTS) is 1. The Kier molecular flexibility index (Phi) is 12.6. The highest BCUT2D eigenvalue weighted by molar-refractivity contribution is 7.16. The summed E-state index contributed by atoms with van der Waals surface area (Å²) in [5.74, 6) is 2.36. The van der Waals surface area contributed by atoms with Crippen LogP contribution in [0.2, 0.25) is 0 Å². The fourth-order valence-electron chi connectivity index (χ4n) is 8.29. The maximum atomic E-state index is 11.4. The van der Waals surface area contributed by atoms with Crippen molar-refractivity contribution in [3.63, 3.8) is 0 Å². The second-order valence-electron chi connectivity index (χ2n) is 16.1. The number of nitrogens with two attached hydrogens (primary N) is 1. The molecule has 0 unspecified atom stereocenters. The number of nitrogens with zero attached hydrogens (tertiary/aromatic N) is 8. The maximum Gasteiger partial charge on any atom is 0.335 e. The van der Waals surface area contributed by atoms with Gasteiger partial charge in [0, 0.05) is 88.9 Å². The van der Waals surface area contributed by atoms with E-state index >= 15 is 0 Å². The molecule has 5 N–H and O–H groups in total. The third-order valence-corrected chi connectivity index (χ3v) is 13.2. The van der Waals surface area contributed by atoms with Crippen molar-refractivity contribution in [2.45, 2.75) is 51.6 Å². The number of carbonyl (C=O) groups is 2. The molecule has 2 fully saturated rings. The highest BCUT2D eigenvalue weighted by atomic mass is 32.1. The normalized spacial score (nSPS) is 15.7. The lowest BCUT2D eigenvalue weighted by Crippen LogP contribution is -2.26. The third kappa shape index (κ3) is 9.36. The number of amides is 1. The van der Waals surface area contributed by atoms with Gasteiger partial charge in [-0.15, -0.1) is 22.7 Å². The summed E-state index contributed by atoms with van der Waals surface area (Å²) in [6, 6.07) is 26.7. The highest BCUT2D eigenvalue weighted by Crippen LogP contribution is 2.37. The number of ether oxygens (including phenoxy) is 2. The number of aromatic nitrogens is 6. The minimum atomic E-state index is -0.969. The number of hydrogen-bond donors (Lipinski definition) is 4. The van der Waals surface area contributed by atoms with E-state index in [0.29, 0.717) is 52.0 Å². The van der Waals surface area contributed by atoms with Crippen LogP contribution in [0.15, 0.2) is 96.0 Å². The van der Waals surface area contributed by atoms with E-state index in [-0.39, 0.29) is 5.56 Å². The molecule has 4 aromatic carbocycles. The van der Waals surface area contributed by atoms with Gasteiger partial charge in [-0.05, 0) is 75.9 Å². The maximum absolute atomic E-state index is 11.4. The second kappa shape index (κ2) is 19.0. The number of thiazole rings is 2. The molecule has 16 nitrogen and oxygen atoms in total. The quantitative estimate of drug-likeness (QED) is 0.0900. The van der Waals surface area contributed by atoms with Gasteiger partial charge in [-0.2, -0.15) is 0 Å². The van der Waals surface area contributed by atoms with Crippen LogP contribution in [0.1, 0.15) is 60.2 Å². The molecular weight excluding hydrogens is 875 g/mol. The van der Waals surface area contributed by atoms with Gasteiger partial charge in [0.2, 0.25) is 5.91 Å². The summed E-state index contributed by atoms with van der Waals surface area (Å²) in [5.41, 5.74) is 16.4. The molecule has 6 heterocycles. The van der Waals surface area contributed by atoms with E-state index in [1.807, 2.05) is 12.1 Å². The number of rotatable bonds is 12. The number of primary amides is 1. The van der Waals surface area contributed by atoms with E-state index in [1.165, 1.54) is 48.4 Å². The number of carbonyl (C=O) groups excluding carboxylic acids is 1. The predicted molar refractivity (Wildman–Crippen MR) is 261 cm³/mol. The second-order valence-corrected chi connectivity index (χ2v) is 17.8. The molecule has 0 radical (unpaired) electrons. The van der Waals surface area contributed by atoms with Crippen molar-refractivity contribution in [2.24, 2.45) is 5.73 Å². The zero-order valence-corrected chi connectivity index (χ0v) is 38.3. The molecule has 10 rings (SSSR count). The molecule has 2 aliphatic rings. The monoisotopic (exact) mass is 921 g/mol. The van der Waals surface area contributed by atoms with Gasteiger partial charge in [0.05, 0.1) is 30.8 Å². The summed E-state index contributed by atoms with van der Waals surface area (Å²) >= 11 is 2.88. The number of nitrogens with one attached hydrogen (secondary N) is 2. The predicted octanol–water partition coefficient (Wildman–Crippen LogP) is 9.79. The average Bonchev–Trinajstić information content (AvgIpc) is 4.18. The zero-order valence-electron chi connectivity index (χ0n) is 36.7. The van der Waals surface area contributed by atoms with E-state index in [9.17, 15) is 9.59 Å². The number of methoxy groups -OCH3 is 2. The van der Waals surface area contributed by atoms with Crippen molar-refractivity contribution >= 4 is 89.6 Å².